The van der Waals surface area contributed by atoms with Gasteiger partial charge < -0.3 is 15.7 Å². The van der Waals surface area contributed by atoms with Crippen LogP contribution in [0.3, 0.4) is 0 Å². The van der Waals surface area contributed by atoms with Gasteiger partial charge in [-0.25, -0.2) is 0 Å². The Kier molecular flexibility index (Phi) is 6.23. The minimum Gasteiger partial charge on any atom is -0.481 e. The molecule has 0 saturated carbocycles. The van der Waals surface area contributed by atoms with Crippen LogP contribution < -0.4 is 10.6 Å². The molecule has 184 valence electrons. The molecule has 0 fully saturated rings. The smallest absolute Gasteiger partial charge is 0.307 e. The van der Waals surface area contributed by atoms with E-state index in [-0.39, 0.29) is 46.5 Å². The summed E-state index contributed by atoms with van der Waals surface area (Å²) in [6.07, 6.45) is 4.00. The maximum atomic E-state index is 13.6. The number of hydrogen-bond acceptors (Lipinski definition) is 5. The van der Waals surface area contributed by atoms with E-state index in [9.17, 15) is 29.1 Å². The molecule has 0 bridgehead atoms. The number of fused-ring (bicyclic) bond motifs is 2. The van der Waals surface area contributed by atoms with Gasteiger partial charge in [0.1, 0.15) is 0 Å². The number of hydrogen-bond donors (Lipinski definition) is 3. The van der Waals surface area contributed by atoms with Crippen LogP contribution in [0.5, 0.6) is 0 Å². The van der Waals surface area contributed by atoms with E-state index in [4.69, 9.17) is 0 Å². The van der Waals surface area contributed by atoms with Gasteiger partial charge in [0.2, 0.25) is 5.91 Å². The van der Waals surface area contributed by atoms with Crippen molar-refractivity contribution in [3.63, 3.8) is 0 Å². The molecule has 0 heterocycles. The van der Waals surface area contributed by atoms with Gasteiger partial charge in [-0.15, -0.1) is 0 Å². The molecule has 2 unspecified atom stereocenters. The van der Waals surface area contributed by atoms with Crippen LogP contribution in [0.15, 0.2) is 78.9 Å². The Morgan fingerprint density at radius 1 is 0.676 bits per heavy atom. The highest BCUT2D eigenvalue weighted by atomic mass is 16.4. The first-order chi connectivity index (χ1) is 17.9. The molecule has 3 aromatic carbocycles. The topological polar surface area (TPSA) is 130 Å². The summed E-state index contributed by atoms with van der Waals surface area (Å²) >= 11 is 0. The lowest BCUT2D eigenvalue weighted by atomic mass is 9.81. The molecular weight excluding hydrogens is 472 g/mol. The second kappa shape index (κ2) is 9.66. The molecule has 2 amide bonds. The fourth-order valence-electron chi connectivity index (χ4n) is 4.84. The summed E-state index contributed by atoms with van der Waals surface area (Å²) in [4.78, 5) is 64.6. The van der Waals surface area contributed by atoms with Crippen molar-refractivity contribution in [1.29, 1.82) is 0 Å². The average Bonchev–Trinajstić information content (AvgIpc) is 2.92. The van der Waals surface area contributed by atoms with Gasteiger partial charge in [-0.2, -0.15) is 0 Å². The van der Waals surface area contributed by atoms with Crippen LogP contribution in [0.25, 0.3) is 0 Å². The van der Waals surface area contributed by atoms with Gasteiger partial charge in [-0.3, -0.25) is 24.0 Å². The molecule has 3 N–H and O–H groups in total. The molecule has 5 rings (SSSR count). The lowest BCUT2D eigenvalue weighted by Crippen LogP contribution is -2.35. The quantitative estimate of drug-likeness (QED) is 0.354. The van der Waals surface area contributed by atoms with Gasteiger partial charge in [0.15, 0.2) is 11.6 Å². The second-order valence-electron chi connectivity index (χ2n) is 8.92. The molecule has 0 aromatic heterocycles. The highest BCUT2D eigenvalue weighted by Gasteiger charge is 2.37. The van der Waals surface area contributed by atoms with E-state index in [2.05, 4.69) is 10.6 Å². The van der Waals surface area contributed by atoms with Crippen LogP contribution in [0.1, 0.15) is 55.0 Å². The van der Waals surface area contributed by atoms with Gasteiger partial charge >= 0.3 is 5.97 Å². The summed E-state index contributed by atoms with van der Waals surface area (Å²) in [5, 5.41) is 14.9. The standard InChI is InChI=1S/C29H22N2O6/c32-25-20-13-7-15-22(31-28(35)17-10-4-5-11-18(17)29(36)37)24(20)26(33)19-12-6-14-21(23(19)25)30-27(34)16-8-2-1-3-9-16/h1-9,12-15,17-18H,10-11H2,(H,30,34)(H,31,35)(H,36,37). The number of amides is 2. The number of carboxylic acid groups (broad SMARTS) is 1. The molecule has 0 radical (unpaired) electrons. The number of rotatable bonds is 5. The third kappa shape index (κ3) is 4.33. The molecule has 2 atom stereocenters. The van der Waals surface area contributed by atoms with Crippen molar-refractivity contribution in [3.8, 4) is 0 Å². The lowest BCUT2D eigenvalue weighted by molar-refractivity contribution is -0.146. The zero-order valence-electron chi connectivity index (χ0n) is 19.6. The third-order valence-electron chi connectivity index (χ3n) is 6.70. The Balaban J connectivity index is 1.48. The molecule has 2 aliphatic rings. The van der Waals surface area contributed by atoms with Crippen molar-refractivity contribution in [3.05, 3.63) is 107 Å². The van der Waals surface area contributed by atoms with Crippen LogP contribution in [-0.4, -0.2) is 34.5 Å². The van der Waals surface area contributed by atoms with Gasteiger partial charge in [-0.1, -0.05) is 54.6 Å². The number of ketones is 2. The normalized spacial score (nSPS) is 17.9. The number of carbonyl (C=O) groups is 5. The first-order valence-corrected chi connectivity index (χ1v) is 11.8. The van der Waals surface area contributed by atoms with E-state index in [0.717, 1.165) is 0 Å². The Bertz CT molecular complexity index is 1490. The Morgan fingerprint density at radius 2 is 1.22 bits per heavy atom. The van der Waals surface area contributed by atoms with Crippen LogP contribution >= 0.6 is 0 Å². The van der Waals surface area contributed by atoms with E-state index in [1.54, 1.807) is 60.7 Å². The summed E-state index contributed by atoms with van der Waals surface area (Å²) in [7, 11) is 0. The van der Waals surface area contributed by atoms with E-state index in [0.29, 0.717) is 5.56 Å². The number of allylic oxidation sites excluding steroid dienone is 2. The Hall–Kier alpha value is -4.85. The van der Waals surface area contributed by atoms with Crippen LogP contribution in [0.2, 0.25) is 0 Å². The summed E-state index contributed by atoms with van der Waals surface area (Å²) in [5.41, 5.74) is 1.07. The Labute approximate surface area is 212 Å². The van der Waals surface area contributed by atoms with E-state index in [1.165, 1.54) is 18.2 Å². The zero-order chi connectivity index (χ0) is 26.1. The highest BCUT2D eigenvalue weighted by Crippen LogP contribution is 2.36. The summed E-state index contributed by atoms with van der Waals surface area (Å²) in [5.74, 6) is -4.64. The molecular formula is C29H22N2O6. The van der Waals surface area contributed by atoms with E-state index in [1.807, 2.05) is 0 Å². The molecule has 8 nitrogen and oxygen atoms in total. The maximum absolute atomic E-state index is 13.6. The van der Waals surface area contributed by atoms with Crippen molar-refractivity contribution in [2.45, 2.75) is 12.8 Å². The molecule has 0 saturated heterocycles. The minimum atomic E-state index is -1.06. The zero-order valence-corrected chi connectivity index (χ0v) is 19.6. The van der Waals surface area contributed by atoms with Crippen LogP contribution in [0, 0.1) is 11.8 Å². The molecule has 8 heteroatoms. The number of carbonyl (C=O) groups excluding carboxylic acids is 4. The second-order valence-corrected chi connectivity index (χ2v) is 8.92. The minimum absolute atomic E-state index is 0.0399. The largest absolute Gasteiger partial charge is 0.481 e. The average molecular weight is 495 g/mol. The predicted molar refractivity (Wildman–Crippen MR) is 136 cm³/mol. The highest BCUT2D eigenvalue weighted by molar-refractivity contribution is 6.32. The number of aliphatic carboxylic acids is 1. The fraction of sp³-hybridized carbons (Fsp3) is 0.138. The monoisotopic (exact) mass is 494 g/mol. The van der Waals surface area contributed by atoms with Crippen LogP contribution in [-0.2, 0) is 9.59 Å². The number of nitrogens with one attached hydrogen (secondary N) is 2. The van der Waals surface area contributed by atoms with Gasteiger partial charge in [-0.05, 0) is 37.1 Å². The molecule has 3 aromatic rings. The van der Waals surface area contributed by atoms with E-state index < -0.39 is 41.2 Å². The SMILES string of the molecule is O=C(Nc1cccc2c1C(=O)c1cccc(NC(=O)C3CC=CCC3C(=O)O)c1C2=O)c1ccccc1. The maximum Gasteiger partial charge on any atom is 0.307 e. The fourth-order valence-corrected chi connectivity index (χ4v) is 4.84. The van der Waals surface area contributed by atoms with Crippen molar-refractivity contribution < 1.29 is 29.1 Å². The molecule has 0 aliphatic heterocycles. The summed E-state index contributed by atoms with van der Waals surface area (Å²) in [6, 6.07) is 17.7. The van der Waals surface area contributed by atoms with Crippen molar-refractivity contribution in [2.24, 2.45) is 11.8 Å². The number of anilines is 2. The number of carboxylic acids is 1. The first-order valence-electron chi connectivity index (χ1n) is 11.8. The van der Waals surface area contributed by atoms with Crippen molar-refractivity contribution in [1.82, 2.24) is 0 Å². The van der Waals surface area contributed by atoms with Gasteiger partial charge in [0.25, 0.3) is 5.91 Å². The summed E-state index contributed by atoms with van der Waals surface area (Å²) in [6.45, 7) is 0. The molecule has 2 aliphatic carbocycles. The predicted octanol–water partition coefficient (Wildman–Crippen LogP) is 4.32. The van der Waals surface area contributed by atoms with E-state index >= 15 is 0 Å². The molecule has 37 heavy (non-hydrogen) atoms. The van der Waals surface area contributed by atoms with Crippen molar-refractivity contribution in [2.75, 3.05) is 10.6 Å². The number of benzene rings is 3. The third-order valence-corrected chi connectivity index (χ3v) is 6.70. The van der Waals surface area contributed by atoms with Gasteiger partial charge in [0, 0.05) is 16.7 Å². The van der Waals surface area contributed by atoms with Gasteiger partial charge in [0.05, 0.1) is 34.3 Å². The lowest BCUT2D eigenvalue weighted by Gasteiger charge is -2.26. The summed E-state index contributed by atoms with van der Waals surface area (Å²) < 4.78 is 0. The Morgan fingerprint density at radius 3 is 1.78 bits per heavy atom. The molecule has 0 spiro atoms. The van der Waals surface area contributed by atoms with Crippen molar-refractivity contribution >= 4 is 40.7 Å². The van der Waals surface area contributed by atoms with Crippen LogP contribution in [0.4, 0.5) is 11.4 Å². The first kappa shape index (κ1) is 23.9.